The molecule has 0 aromatic carbocycles. The van der Waals surface area contributed by atoms with E-state index < -0.39 is 10.0 Å². The minimum atomic E-state index is -3.36. The third kappa shape index (κ3) is 2.98. The van der Waals surface area contributed by atoms with Crippen molar-refractivity contribution in [2.24, 2.45) is 0 Å². The second kappa shape index (κ2) is 6.02. The molecule has 1 fully saturated rings. The molecule has 7 heteroatoms. The fourth-order valence-electron chi connectivity index (χ4n) is 2.72. The molecule has 0 spiro atoms. The lowest BCUT2D eigenvalue weighted by atomic mass is 10.1. The third-order valence-electron chi connectivity index (χ3n) is 3.86. The quantitative estimate of drug-likeness (QED) is 0.873. The Morgan fingerprint density at radius 2 is 2.00 bits per heavy atom. The fourth-order valence-corrected chi connectivity index (χ4v) is 4.09. The number of H-pyrrole nitrogens is 1. The average molecular weight is 286 g/mol. The van der Waals surface area contributed by atoms with Crippen LogP contribution >= 0.6 is 0 Å². The molecule has 108 valence electrons. The topological polar surface area (TPSA) is 69.3 Å². The van der Waals surface area contributed by atoms with Gasteiger partial charge in [-0.3, -0.25) is 5.10 Å². The monoisotopic (exact) mass is 286 g/mol. The van der Waals surface area contributed by atoms with Crippen molar-refractivity contribution in [2.75, 3.05) is 26.2 Å². The molecule has 0 bridgehead atoms. The molecule has 1 aromatic rings. The van der Waals surface area contributed by atoms with E-state index >= 15 is 0 Å². The summed E-state index contributed by atoms with van der Waals surface area (Å²) in [6.07, 6.45) is 4.61. The predicted molar refractivity (Wildman–Crippen MR) is 73.3 cm³/mol. The van der Waals surface area contributed by atoms with Crippen molar-refractivity contribution in [3.8, 4) is 0 Å². The Kier molecular flexibility index (Phi) is 4.59. The van der Waals surface area contributed by atoms with Crippen LogP contribution < -0.4 is 0 Å². The van der Waals surface area contributed by atoms with Crippen molar-refractivity contribution in [3.63, 3.8) is 0 Å². The zero-order chi connectivity index (χ0) is 13.9. The fraction of sp³-hybridized carbons (Fsp3) is 0.750. The van der Waals surface area contributed by atoms with E-state index in [4.69, 9.17) is 0 Å². The molecule has 6 nitrogen and oxygen atoms in total. The highest BCUT2D eigenvalue weighted by Gasteiger charge is 2.31. The number of aromatic nitrogens is 2. The van der Waals surface area contributed by atoms with Crippen molar-refractivity contribution in [1.29, 1.82) is 0 Å². The van der Waals surface area contributed by atoms with Gasteiger partial charge in [-0.15, -0.1) is 0 Å². The molecule has 1 aliphatic rings. The summed E-state index contributed by atoms with van der Waals surface area (Å²) in [6, 6.07) is 0.505. The highest BCUT2D eigenvalue weighted by atomic mass is 32.2. The second-order valence-electron chi connectivity index (χ2n) is 4.79. The molecule has 0 unspecified atom stereocenters. The molecule has 2 heterocycles. The first-order valence-corrected chi connectivity index (χ1v) is 8.26. The number of sulfonamides is 1. The van der Waals surface area contributed by atoms with E-state index in [2.05, 4.69) is 28.9 Å². The molecule has 2 rings (SSSR count). The van der Waals surface area contributed by atoms with Crippen LogP contribution in [0, 0.1) is 0 Å². The Bertz CT molecular complexity index is 474. The normalized spacial score (nSPS) is 19.1. The maximum atomic E-state index is 12.3. The molecule has 1 N–H and O–H groups in total. The van der Waals surface area contributed by atoms with E-state index in [1.165, 1.54) is 12.4 Å². The van der Waals surface area contributed by atoms with Crippen molar-refractivity contribution in [1.82, 2.24) is 19.4 Å². The standard InChI is InChI=1S/C12H22N4O2S/c1-3-15(4-2)11-5-7-16(8-6-11)19(17,18)12-9-13-14-10-12/h9-11H,3-8H2,1-2H3,(H,13,14). The largest absolute Gasteiger partial charge is 0.301 e. The Hall–Kier alpha value is -0.920. The molecular formula is C12H22N4O2S. The van der Waals surface area contributed by atoms with E-state index in [0.29, 0.717) is 19.1 Å². The number of aromatic amines is 1. The van der Waals surface area contributed by atoms with Crippen molar-refractivity contribution >= 4 is 10.0 Å². The number of nitrogens with one attached hydrogen (secondary N) is 1. The Balaban J connectivity index is 2.01. The summed E-state index contributed by atoms with van der Waals surface area (Å²) in [6.45, 7) is 7.53. The predicted octanol–water partition coefficient (Wildman–Crippen LogP) is 0.905. The molecule has 0 saturated carbocycles. The molecule has 1 aromatic heterocycles. The van der Waals surface area contributed by atoms with Gasteiger partial charge in [0.15, 0.2) is 0 Å². The summed E-state index contributed by atoms with van der Waals surface area (Å²) >= 11 is 0. The van der Waals surface area contributed by atoms with Gasteiger partial charge in [-0.2, -0.15) is 9.40 Å². The lowest BCUT2D eigenvalue weighted by molar-refractivity contribution is 0.152. The smallest absolute Gasteiger partial charge is 0.246 e. The zero-order valence-corrected chi connectivity index (χ0v) is 12.4. The first kappa shape index (κ1) is 14.5. The minimum absolute atomic E-state index is 0.258. The molecule has 0 atom stereocenters. The van der Waals surface area contributed by atoms with Crippen LogP contribution in [0.5, 0.6) is 0 Å². The van der Waals surface area contributed by atoms with E-state index in [1.54, 1.807) is 4.31 Å². The molecule has 0 radical (unpaired) electrons. The maximum absolute atomic E-state index is 12.3. The summed E-state index contributed by atoms with van der Waals surface area (Å²) in [4.78, 5) is 2.66. The van der Waals surface area contributed by atoms with Gasteiger partial charge in [-0.25, -0.2) is 8.42 Å². The average Bonchev–Trinajstić information content (AvgIpc) is 2.95. The maximum Gasteiger partial charge on any atom is 0.246 e. The van der Waals surface area contributed by atoms with Crippen LogP contribution in [-0.2, 0) is 10.0 Å². The van der Waals surface area contributed by atoms with Crippen molar-refractivity contribution in [3.05, 3.63) is 12.4 Å². The first-order chi connectivity index (χ1) is 9.09. The van der Waals surface area contributed by atoms with Gasteiger partial charge < -0.3 is 4.90 Å². The lowest BCUT2D eigenvalue weighted by Crippen LogP contribution is -2.46. The highest BCUT2D eigenvalue weighted by molar-refractivity contribution is 7.89. The van der Waals surface area contributed by atoms with E-state index in [0.717, 1.165) is 25.9 Å². The Morgan fingerprint density at radius 3 is 2.47 bits per heavy atom. The number of piperidine rings is 1. The summed E-state index contributed by atoms with van der Waals surface area (Å²) in [5, 5.41) is 6.27. The van der Waals surface area contributed by atoms with Crippen LogP contribution in [-0.4, -0.2) is 60.0 Å². The molecule has 1 saturated heterocycles. The molecule has 1 aliphatic heterocycles. The Labute approximate surface area is 114 Å². The SMILES string of the molecule is CCN(CC)C1CCN(S(=O)(=O)c2cn[nH]c2)CC1. The van der Waals surface area contributed by atoms with Gasteiger partial charge >= 0.3 is 0 Å². The molecular weight excluding hydrogens is 264 g/mol. The third-order valence-corrected chi connectivity index (χ3v) is 5.73. The van der Waals surface area contributed by atoms with Crippen LogP contribution in [0.15, 0.2) is 17.3 Å². The van der Waals surface area contributed by atoms with Crippen LogP contribution in [0.1, 0.15) is 26.7 Å². The van der Waals surface area contributed by atoms with Gasteiger partial charge in [0, 0.05) is 25.3 Å². The van der Waals surface area contributed by atoms with Gasteiger partial charge in [0.2, 0.25) is 10.0 Å². The number of rotatable bonds is 5. The number of hydrogen-bond acceptors (Lipinski definition) is 4. The summed E-state index contributed by atoms with van der Waals surface area (Å²) < 4.78 is 26.2. The van der Waals surface area contributed by atoms with Crippen LogP contribution in [0.4, 0.5) is 0 Å². The molecule has 19 heavy (non-hydrogen) atoms. The van der Waals surface area contributed by atoms with Gasteiger partial charge in [0.05, 0.1) is 6.20 Å². The molecule has 0 amide bonds. The van der Waals surface area contributed by atoms with E-state index in [9.17, 15) is 8.42 Å². The van der Waals surface area contributed by atoms with Crippen LogP contribution in [0.3, 0.4) is 0 Å². The summed E-state index contributed by atoms with van der Waals surface area (Å²) in [7, 11) is -3.36. The second-order valence-corrected chi connectivity index (χ2v) is 6.73. The lowest BCUT2D eigenvalue weighted by Gasteiger charge is -2.36. The first-order valence-electron chi connectivity index (χ1n) is 6.82. The van der Waals surface area contributed by atoms with Crippen molar-refractivity contribution in [2.45, 2.75) is 37.6 Å². The van der Waals surface area contributed by atoms with Crippen LogP contribution in [0.25, 0.3) is 0 Å². The molecule has 0 aliphatic carbocycles. The number of nitrogens with zero attached hydrogens (tertiary/aromatic N) is 3. The van der Waals surface area contributed by atoms with Crippen LogP contribution in [0.2, 0.25) is 0 Å². The zero-order valence-electron chi connectivity index (χ0n) is 11.5. The van der Waals surface area contributed by atoms with Crippen molar-refractivity contribution < 1.29 is 8.42 Å². The van der Waals surface area contributed by atoms with E-state index in [-0.39, 0.29) is 4.90 Å². The van der Waals surface area contributed by atoms with Gasteiger partial charge in [0.1, 0.15) is 4.90 Å². The highest BCUT2D eigenvalue weighted by Crippen LogP contribution is 2.22. The van der Waals surface area contributed by atoms with E-state index in [1.807, 2.05) is 0 Å². The van der Waals surface area contributed by atoms with Gasteiger partial charge in [-0.05, 0) is 25.9 Å². The summed E-state index contributed by atoms with van der Waals surface area (Å²) in [5.41, 5.74) is 0. The Morgan fingerprint density at radius 1 is 1.37 bits per heavy atom. The van der Waals surface area contributed by atoms with Gasteiger partial charge in [-0.1, -0.05) is 13.8 Å². The minimum Gasteiger partial charge on any atom is -0.301 e. The number of hydrogen-bond donors (Lipinski definition) is 1. The summed E-state index contributed by atoms with van der Waals surface area (Å²) in [5.74, 6) is 0. The van der Waals surface area contributed by atoms with Gasteiger partial charge in [0.25, 0.3) is 0 Å².